The van der Waals surface area contributed by atoms with Crippen LogP contribution >= 0.6 is 0 Å². The summed E-state index contributed by atoms with van der Waals surface area (Å²) in [5.74, 6) is 1.26. The molecule has 2 N–H and O–H groups in total. The number of aromatic amines is 1. The van der Waals surface area contributed by atoms with Gasteiger partial charge in [0, 0.05) is 60.5 Å². The van der Waals surface area contributed by atoms with Crippen LogP contribution in [0.3, 0.4) is 0 Å². The first-order valence-electron chi connectivity index (χ1n) is 10.8. The molecule has 0 unspecified atom stereocenters. The third kappa shape index (κ3) is 2.49. The average molecular weight is 380 g/mol. The highest BCUT2D eigenvalue weighted by molar-refractivity contribution is 5.84. The molecule has 4 atom stereocenters. The molecule has 1 saturated carbocycles. The van der Waals surface area contributed by atoms with Crippen LogP contribution in [0.25, 0.3) is 10.9 Å². The summed E-state index contributed by atoms with van der Waals surface area (Å²) in [4.78, 5) is 18.3. The number of carbonyl (C=O) groups is 1. The predicted octanol–water partition coefficient (Wildman–Crippen LogP) is 3.06. The molecule has 4 aliphatic rings. The minimum Gasteiger partial charge on any atom is -0.370 e. The summed E-state index contributed by atoms with van der Waals surface area (Å²) in [6.07, 6.45) is 6.76. The Hall–Kier alpha value is -1.85. The minimum absolute atomic E-state index is 0.0234. The smallest absolute Gasteiger partial charge is 0.225 e. The molecule has 1 spiro atoms. The van der Waals surface area contributed by atoms with E-state index in [2.05, 4.69) is 46.4 Å². The fourth-order valence-electron chi connectivity index (χ4n) is 6.05. The Labute approximate surface area is 165 Å². The van der Waals surface area contributed by atoms with E-state index in [0.29, 0.717) is 17.9 Å². The number of likely N-dealkylation sites (tertiary alicyclic amines) is 1. The lowest BCUT2D eigenvalue weighted by Crippen LogP contribution is -2.43. The van der Waals surface area contributed by atoms with Gasteiger partial charge in [0.1, 0.15) is 0 Å². The molecule has 4 heterocycles. The number of hydrogen-bond donors (Lipinski definition) is 2. The van der Waals surface area contributed by atoms with Crippen molar-refractivity contribution in [2.24, 2.45) is 17.3 Å². The second-order valence-corrected chi connectivity index (χ2v) is 9.83. The number of rotatable bonds is 5. The van der Waals surface area contributed by atoms with Crippen molar-refractivity contribution in [2.75, 3.05) is 19.6 Å². The van der Waals surface area contributed by atoms with Crippen molar-refractivity contribution in [1.29, 1.82) is 0 Å². The van der Waals surface area contributed by atoms with E-state index >= 15 is 0 Å². The number of aromatic nitrogens is 1. The minimum atomic E-state index is -0.0902. The van der Waals surface area contributed by atoms with E-state index in [-0.39, 0.29) is 16.9 Å². The van der Waals surface area contributed by atoms with Crippen LogP contribution in [0, 0.1) is 17.3 Å². The second-order valence-electron chi connectivity index (χ2n) is 9.83. The number of H-pyrrole nitrogens is 1. The molecule has 3 aliphatic heterocycles. The first kappa shape index (κ1) is 17.0. The monoisotopic (exact) mass is 379 g/mol. The van der Waals surface area contributed by atoms with Gasteiger partial charge >= 0.3 is 0 Å². The molecule has 1 aromatic carbocycles. The molecule has 5 heteroatoms. The molecule has 3 saturated heterocycles. The number of amides is 1. The summed E-state index contributed by atoms with van der Waals surface area (Å²) < 4.78 is 6.57. The largest absolute Gasteiger partial charge is 0.370 e. The Kier molecular flexibility index (Phi) is 3.55. The van der Waals surface area contributed by atoms with Gasteiger partial charge in [-0.05, 0) is 43.4 Å². The van der Waals surface area contributed by atoms with E-state index in [0.717, 1.165) is 45.4 Å². The number of hydrogen-bond acceptors (Lipinski definition) is 3. The van der Waals surface area contributed by atoms with Gasteiger partial charge < -0.3 is 15.0 Å². The van der Waals surface area contributed by atoms with Gasteiger partial charge in [-0.3, -0.25) is 9.69 Å². The molecule has 28 heavy (non-hydrogen) atoms. The standard InChI is InChI=1S/C23H29N3O2/c1-22(8-9-22)21(27)25-11-17-18-13-26(14-23(18)7-5-20(17)28-23)12-15-3-2-4-19-16(15)6-10-24-19/h2-4,6,10,17-18,20,24H,5,7-9,11-14H2,1H3,(H,25,27)/t17-,18+,20+,23+/m0/s1. The SMILES string of the molecule is CC1(C(=O)NC[C@H]2[C@H]3CN(Cc4cccc5[nH]ccc45)C[C@]34CC[C@H]2O4)CC1. The average Bonchev–Trinajstić information content (AvgIpc) is 3.08. The van der Waals surface area contributed by atoms with Crippen LogP contribution in [0.4, 0.5) is 0 Å². The Morgan fingerprint density at radius 3 is 3.07 bits per heavy atom. The summed E-state index contributed by atoms with van der Waals surface area (Å²) >= 11 is 0. The van der Waals surface area contributed by atoms with Crippen LogP contribution in [-0.4, -0.2) is 47.1 Å². The maximum atomic E-state index is 12.4. The maximum absolute atomic E-state index is 12.4. The zero-order valence-corrected chi connectivity index (χ0v) is 16.5. The molecule has 5 nitrogen and oxygen atoms in total. The number of nitrogens with zero attached hydrogens (tertiary/aromatic N) is 1. The highest BCUT2D eigenvalue weighted by Gasteiger charge is 2.62. The van der Waals surface area contributed by atoms with Gasteiger partial charge in [0.25, 0.3) is 0 Å². The molecule has 4 fully saturated rings. The lowest BCUT2D eigenvalue weighted by atomic mass is 9.73. The third-order valence-electron chi connectivity index (χ3n) is 7.98. The van der Waals surface area contributed by atoms with Gasteiger partial charge in [0.15, 0.2) is 0 Å². The highest BCUT2D eigenvalue weighted by Crippen LogP contribution is 2.55. The van der Waals surface area contributed by atoms with E-state index in [4.69, 9.17) is 4.74 Å². The Balaban J connectivity index is 1.17. The molecule has 1 amide bonds. The van der Waals surface area contributed by atoms with E-state index in [1.807, 2.05) is 6.20 Å². The summed E-state index contributed by atoms with van der Waals surface area (Å²) in [5.41, 5.74) is 2.53. The lowest BCUT2D eigenvalue weighted by molar-refractivity contribution is -0.126. The molecule has 1 aromatic heterocycles. The zero-order chi connectivity index (χ0) is 18.9. The van der Waals surface area contributed by atoms with Crippen LogP contribution in [-0.2, 0) is 16.1 Å². The van der Waals surface area contributed by atoms with Crippen LogP contribution < -0.4 is 5.32 Å². The van der Waals surface area contributed by atoms with Gasteiger partial charge in [-0.2, -0.15) is 0 Å². The van der Waals surface area contributed by atoms with Crippen molar-refractivity contribution in [2.45, 2.75) is 50.9 Å². The fraction of sp³-hybridized carbons (Fsp3) is 0.609. The van der Waals surface area contributed by atoms with Crippen molar-refractivity contribution in [3.05, 3.63) is 36.0 Å². The number of nitrogens with one attached hydrogen (secondary N) is 2. The van der Waals surface area contributed by atoms with Gasteiger partial charge in [-0.1, -0.05) is 19.1 Å². The van der Waals surface area contributed by atoms with Crippen LogP contribution in [0.15, 0.2) is 30.5 Å². The van der Waals surface area contributed by atoms with Gasteiger partial charge in [0.05, 0.1) is 11.7 Å². The Bertz CT molecular complexity index is 933. The van der Waals surface area contributed by atoms with Crippen LogP contribution in [0.1, 0.15) is 38.2 Å². The quantitative estimate of drug-likeness (QED) is 0.839. The normalized spacial score (nSPS) is 35.4. The molecule has 0 radical (unpaired) electrons. The van der Waals surface area contributed by atoms with Crippen LogP contribution in [0.5, 0.6) is 0 Å². The van der Waals surface area contributed by atoms with Crippen molar-refractivity contribution in [3.63, 3.8) is 0 Å². The van der Waals surface area contributed by atoms with E-state index in [9.17, 15) is 4.79 Å². The summed E-state index contributed by atoms with van der Waals surface area (Å²) in [5, 5.41) is 4.59. The van der Waals surface area contributed by atoms with E-state index < -0.39 is 0 Å². The van der Waals surface area contributed by atoms with E-state index in [1.165, 1.54) is 22.9 Å². The van der Waals surface area contributed by atoms with Crippen molar-refractivity contribution in [1.82, 2.24) is 15.2 Å². The summed E-state index contributed by atoms with van der Waals surface area (Å²) in [7, 11) is 0. The lowest BCUT2D eigenvalue weighted by Gasteiger charge is -2.30. The van der Waals surface area contributed by atoms with Gasteiger partial charge in [0.2, 0.25) is 5.91 Å². The van der Waals surface area contributed by atoms with Gasteiger partial charge in [-0.15, -0.1) is 0 Å². The molecule has 2 bridgehead atoms. The third-order valence-corrected chi connectivity index (χ3v) is 7.98. The van der Waals surface area contributed by atoms with Crippen molar-refractivity contribution >= 4 is 16.8 Å². The summed E-state index contributed by atoms with van der Waals surface area (Å²) in [6, 6.07) is 8.70. The molecule has 1 aliphatic carbocycles. The maximum Gasteiger partial charge on any atom is 0.225 e. The van der Waals surface area contributed by atoms with Crippen molar-refractivity contribution in [3.8, 4) is 0 Å². The molecule has 148 valence electrons. The summed E-state index contributed by atoms with van der Waals surface area (Å²) in [6.45, 7) is 5.94. The fourth-order valence-corrected chi connectivity index (χ4v) is 6.05. The first-order chi connectivity index (χ1) is 13.6. The molecule has 2 aromatic rings. The zero-order valence-electron chi connectivity index (χ0n) is 16.5. The number of carbonyl (C=O) groups excluding carboxylic acids is 1. The Morgan fingerprint density at radius 2 is 2.21 bits per heavy atom. The molecular formula is C23H29N3O2. The number of fused-ring (bicyclic) bond motifs is 2. The number of benzene rings is 1. The second kappa shape index (κ2) is 5.83. The van der Waals surface area contributed by atoms with Crippen molar-refractivity contribution < 1.29 is 9.53 Å². The molecular weight excluding hydrogens is 350 g/mol. The van der Waals surface area contributed by atoms with Crippen LogP contribution in [0.2, 0.25) is 0 Å². The highest BCUT2D eigenvalue weighted by atomic mass is 16.5. The first-order valence-corrected chi connectivity index (χ1v) is 10.8. The number of ether oxygens (including phenoxy) is 1. The topological polar surface area (TPSA) is 57.4 Å². The molecule has 6 rings (SSSR count). The van der Waals surface area contributed by atoms with E-state index in [1.54, 1.807) is 0 Å². The predicted molar refractivity (Wildman–Crippen MR) is 108 cm³/mol. The van der Waals surface area contributed by atoms with Gasteiger partial charge in [-0.25, -0.2) is 0 Å². The Morgan fingerprint density at radius 1 is 1.32 bits per heavy atom.